The molecule has 0 saturated heterocycles. The van der Waals surface area contributed by atoms with E-state index in [0.29, 0.717) is 0 Å². The van der Waals surface area contributed by atoms with Crippen LogP contribution in [-0.2, 0) is 4.79 Å². The molecule has 2 N–H and O–H groups in total. The second kappa shape index (κ2) is 3.39. The van der Waals surface area contributed by atoms with Gasteiger partial charge in [0.25, 0.3) is 11.5 Å². The highest BCUT2D eigenvalue weighted by Crippen LogP contribution is 1.94. The van der Waals surface area contributed by atoms with Crippen molar-refractivity contribution in [2.75, 3.05) is 5.32 Å². The highest BCUT2D eigenvalue weighted by Gasteiger charge is 1.99. The first-order chi connectivity index (χ1) is 5.74. The van der Waals surface area contributed by atoms with Crippen LogP contribution < -0.4 is 10.9 Å². The Morgan fingerprint density at radius 1 is 1.67 bits per heavy atom. The molecule has 0 aromatic carbocycles. The fraction of sp³-hybridized carbons (Fsp3) is 0. The van der Waals surface area contributed by atoms with Crippen LogP contribution in [0, 0.1) is 12.3 Å². The van der Waals surface area contributed by atoms with E-state index in [1.807, 2.05) is 5.92 Å². The smallest absolute Gasteiger partial charge is 0.300 e. The number of pyridine rings is 1. The number of aromatic amines is 1. The van der Waals surface area contributed by atoms with Crippen LogP contribution >= 0.6 is 0 Å². The molecule has 0 radical (unpaired) electrons. The molecule has 12 heavy (non-hydrogen) atoms. The topological polar surface area (TPSA) is 62.0 Å². The quantitative estimate of drug-likeness (QED) is 0.568. The number of hydrogen-bond acceptors (Lipinski definition) is 2. The van der Waals surface area contributed by atoms with E-state index < -0.39 is 5.91 Å². The van der Waals surface area contributed by atoms with Crippen molar-refractivity contribution < 1.29 is 4.79 Å². The summed E-state index contributed by atoms with van der Waals surface area (Å²) < 4.78 is 0. The molecular formula is C8H6N2O2. The first-order valence-corrected chi connectivity index (χ1v) is 3.19. The number of carbonyl (C=O) groups is 1. The normalized spacial score (nSPS) is 8.58. The first kappa shape index (κ1) is 8.08. The number of H-pyrrole nitrogens is 1. The van der Waals surface area contributed by atoms with E-state index in [4.69, 9.17) is 6.42 Å². The lowest BCUT2D eigenvalue weighted by atomic mass is 10.4. The molecule has 1 aromatic heterocycles. The molecule has 0 unspecified atom stereocenters. The van der Waals surface area contributed by atoms with Gasteiger partial charge in [-0.25, -0.2) is 0 Å². The highest BCUT2D eigenvalue weighted by molar-refractivity contribution is 6.03. The average molecular weight is 162 g/mol. The predicted molar refractivity (Wildman–Crippen MR) is 44.5 cm³/mol. The van der Waals surface area contributed by atoms with Crippen molar-refractivity contribution in [3.05, 3.63) is 28.7 Å². The van der Waals surface area contributed by atoms with Crippen molar-refractivity contribution in [3.8, 4) is 12.3 Å². The molecule has 1 rings (SSSR count). The molecule has 1 amide bonds. The number of terminal acetylenes is 1. The van der Waals surface area contributed by atoms with Gasteiger partial charge in [-0.2, -0.15) is 0 Å². The monoisotopic (exact) mass is 162 g/mol. The third-order valence-corrected chi connectivity index (χ3v) is 1.20. The third kappa shape index (κ3) is 1.73. The van der Waals surface area contributed by atoms with E-state index in [1.165, 1.54) is 12.3 Å². The Hall–Kier alpha value is -2.02. The van der Waals surface area contributed by atoms with Crippen LogP contribution in [0.3, 0.4) is 0 Å². The van der Waals surface area contributed by atoms with Crippen LogP contribution in [0.1, 0.15) is 0 Å². The minimum Gasteiger partial charge on any atom is -0.327 e. The van der Waals surface area contributed by atoms with Gasteiger partial charge in [-0.05, 0) is 18.1 Å². The number of carbonyl (C=O) groups excluding carboxylic acids is 1. The molecule has 0 saturated carbocycles. The van der Waals surface area contributed by atoms with Crippen molar-refractivity contribution >= 4 is 11.6 Å². The summed E-state index contributed by atoms with van der Waals surface area (Å²) in [7, 11) is 0. The Kier molecular flexibility index (Phi) is 2.29. The molecule has 1 aromatic rings. The van der Waals surface area contributed by atoms with Gasteiger partial charge in [0.1, 0.15) is 5.69 Å². The van der Waals surface area contributed by atoms with Gasteiger partial charge in [0.15, 0.2) is 0 Å². The average Bonchev–Trinajstić information content (AvgIpc) is 2.09. The van der Waals surface area contributed by atoms with Crippen LogP contribution in [0.4, 0.5) is 5.69 Å². The van der Waals surface area contributed by atoms with Gasteiger partial charge in [-0.3, -0.25) is 9.59 Å². The molecule has 0 aliphatic rings. The molecule has 0 aliphatic heterocycles. The number of nitrogens with one attached hydrogen (secondary N) is 2. The third-order valence-electron chi connectivity index (χ3n) is 1.20. The molecule has 4 nitrogen and oxygen atoms in total. The van der Waals surface area contributed by atoms with E-state index in [2.05, 4.69) is 10.3 Å². The van der Waals surface area contributed by atoms with Gasteiger partial charge in [-0.15, -0.1) is 6.42 Å². The Bertz CT molecular complexity index is 387. The molecule has 60 valence electrons. The summed E-state index contributed by atoms with van der Waals surface area (Å²) >= 11 is 0. The van der Waals surface area contributed by atoms with E-state index >= 15 is 0 Å². The Morgan fingerprint density at radius 2 is 2.42 bits per heavy atom. The van der Waals surface area contributed by atoms with Crippen LogP contribution in [-0.4, -0.2) is 10.9 Å². The lowest BCUT2D eigenvalue weighted by molar-refractivity contribution is -0.111. The summed E-state index contributed by atoms with van der Waals surface area (Å²) in [5.41, 5.74) is -0.221. The SMILES string of the molecule is C#CC(=O)Nc1ccc[nH]c1=O. The fourth-order valence-corrected chi connectivity index (χ4v) is 0.678. The summed E-state index contributed by atoms with van der Waals surface area (Å²) in [6.45, 7) is 0. The second-order valence-corrected chi connectivity index (χ2v) is 2.01. The van der Waals surface area contributed by atoms with Gasteiger partial charge >= 0.3 is 0 Å². The zero-order chi connectivity index (χ0) is 8.97. The molecule has 0 atom stereocenters. The number of aromatic nitrogens is 1. The maximum Gasteiger partial charge on any atom is 0.300 e. The minimum absolute atomic E-state index is 0.153. The number of hydrogen-bond donors (Lipinski definition) is 2. The molecule has 0 fully saturated rings. The van der Waals surface area contributed by atoms with Gasteiger partial charge < -0.3 is 10.3 Å². The van der Waals surface area contributed by atoms with E-state index in [0.717, 1.165) is 0 Å². The molecule has 0 aliphatic carbocycles. The summed E-state index contributed by atoms with van der Waals surface area (Å²) in [5.74, 6) is 1.21. The van der Waals surface area contributed by atoms with Crippen LogP contribution in [0.5, 0.6) is 0 Å². The molecule has 1 heterocycles. The standard InChI is InChI=1S/C8H6N2O2/c1-2-7(11)10-6-4-3-5-9-8(6)12/h1,3-5H,(H,9,12)(H,10,11). The van der Waals surface area contributed by atoms with Crippen LogP contribution in [0.15, 0.2) is 23.1 Å². The van der Waals surface area contributed by atoms with Crippen molar-refractivity contribution in [1.82, 2.24) is 4.98 Å². The fourth-order valence-electron chi connectivity index (χ4n) is 0.678. The van der Waals surface area contributed by atoms with Gasteiger partial charge in [0.05, 0.1) is 0 Å². The predicted octanol–water partition coefficient (Wildman–Crippen LogP) is -0.0534. The molecule has 4 heteroatoms. The number of rotatable bonds is 1. The zero-order valence-electron chi connectivity index (χ0n) is 6.13. The summed E-state index contributed by atoms with van der Waals surface area (Å²) in [5, 5.41) is 2.24. The Balaban J connectivity index is 2.92. The number of anilines is 1. The second-order valence-electron chi connectivity index (χ2n) is 2.01. The van der Waals surface area contributed by atoms with Crippen LogP contribution in [0.2, 0.25) is 0 Å². The number of amides is 1. The Morgan fingerprint density at radius 3 is 3.00 bits per heavy atom. The molecular weight excluding hydrogens is 156 g/mol. The Labute approximate surface area is 68.6 Å². The summed E-state index contributed by atoms with van der Waals surface area (Å²) in [6.07, 6.45) is 6.26. The van der Waals surface area contributed by atoms with E-state index in [9.17, 15) is 9.59 Å². The molecule has 0 spiro atoms. The van der Waals surface area contributed by atoms with Gasteiger partial charge in [0, 0.05) is 6.20 Å². The lowest BCUT2D eigenvalue weighted by Crippen LogP contribution is -2.17. The van der Waals surface area contributed by atoms with Gasteiger partial charge in [0.2, 0.25) is 0 Å². The van der Waals surface area contributed by atoms with Crippen LogP contribution in [0.25, 0.3) is 0 Å². The lowest BCUT2D eigenvalue weighted by Gasteiger charge is -1.96. The summed E-state index contributed by atoms with van der Waals surface area (Å²) in [6, 6.07) is 3.06. The van der Waals surface area contributed by atoms with E-state index in [-0.39, 0.29) is 11.2 Å². The highest BCUT2D eigenvalue weighted by atomic mass is 16.2. The van der Waals surface area contributed by atoms with Gasteiger partial charge in [-0.1, -0.05) is 0 Å². The largest absolute Gasteiger partial charge is 0.327 e. The van der Waals surface area contributed by atoms with Crippen molar-refractivity contribution in [2.24, 2.45) is 0 Å². The maximum atomic E-state index is 10.9. The first-order valence-electron chi connectivity index (χ1n) is 3.19. The maximum absolute atomic E-state index is 10.9. The van der Waals surface area contributed by atoms with Crippen molar-refractivity contribution in [2.45, 2.75) is 0 Å². The molecule has 0 bridgehead atoms. The van der Waals surface area contributed by atoms with E-state index in [1.54, 1.807) is 6.07 Å². The summed E-state index contributed by atoms with van der Waals surface area (Å²) in [4.78, 5) is 24.0. The minimum atomic E-state index is -0.633. The van der Waals surface area contributed by atoms with Crippen molar-refractivity contribution in [3.63, 3.8) is 0 Å². The zero-order valence-corrected chi connectivity index (χ0v) is 6.13. The van der Waals surface area contributed by atoms with Crippen molar-refractivity contribution in [1.29, 1.82) is 0 Å².